The molecule has 0 aliphatic heterocycles. The summed E-state index contributed by atoms with van der Waals surface area (Å²) in [6, 6.07) is 0. The molecule has 2 aromatic heterocycles. The van der Waals surface area contributed by atoms with Crippen molar-refractivity contribution in [2.45, 2.75) is 45.4 Å². The molecule has 2 rings (SSSR count). The van der Waals surface area contributed by atoms with Gasteiger partial charge in [0.05, 0.1) is 0 Å². The van der Waals surface area contributed by atoms with Gasteiger partial charge in [0.2, 0.25) is 5.13 Å². The first kappa shape index (κ1) is 13.4. The molecule has 7 heteroatoms. The normalized spacial score (nSPS) is 10.9. The van der Waals surface area contributed by atoms with E-state index in [0.29, 0.717) is 5.13 Å². The zero-order valence-corrected chi connectivity index (χ0v) is 12.1. The molecule has 0 unspecified atom stereocenters. The van der Waals surface area contributed by atoms with Gasteiger partial charge in [0.1, 0.15) is 15.0 Å². The SMILES string of the molecule is Cc1nnc(CCCCCCc2nnc(N)s2)s1. The summed E-state index contributed by atoms with van der Waals surface area (Å²) in [6.07, 6.45) is 6.84. The summed E-state index contributed by atoms with van der Waals surface area (Å²) < 4.78 is 0. The lowest BCUT2D eigenvalue weighted by Gasteiger charge is -1.98. The van der Waals surface area contributed by atoms with E-state index in [9.17, 15) is 0 Å². The van der Waals surface area contributed by atoms with E-state index in [-0.39, 0.29) is 0 Å². The number of nitrogens with zero attached hydrogens (tertiary/aromatic N) is 4. The molecule has 0 aliphatic carbocycles. The van der Waals surface area contributed by atoms with Gasteiger partial charge in [-0.3, -0.25) is 0 Å². The maximum Gasteiger partial charge on any atom is 0.203 e. The monoisotopic (exact) mass is 283 g/mol. The second-order valence-corrected chi connectivity index (χ2v) is 6.52. The predicted molar refractivity (Wildman–Crippen MR) is 74.8 cm³/mol. The topological polar surface area (TPSA) is 77.6 Å². The average molecular weight is 283 g/mol. The van der Waals surface area contributed by atoms with Crippen LogP contribution in [0.1, 0.15) is 40.7 Å². The third-order valence-corrected chi connectivity index (χ3v) is 4.29. The van der Waals surface area contributed by atoms with Gasteiger partial charge in [-0.25, -0.2) is 0 Å². The Balaban J connectivity index is 1.54. The van der Waals surface area contributed by atoms with E-state index in [1.54, 1.807) is 11.3 Å². The second kappa shape index (κ2) is 6.75. The van der Waals surface area contributed by atoms with Crippen LogP contribution < -0.4 is 5.73 Å². The Labute approximate surface area is 114 Å². The Kier molecular flexibility index (Phi) is 5.00. The number of hydrogen-bond donors (Lipinski definition) is 1. The van der Waals surface area contributed by atoms with Crippen LogP contribution in [0.25, 0.3) is 0 Å². The van der Waals surface area contributed by atoms with Crippen molar-refractivity contribution in [3.05, 3.63) is 15.0 Å². The molecule has 5 nitrogen and oxygen atoms in total. The van der Waals surface area contributed by atoms with Gasteiger partial charge in [0, 0.05) is 12.8 Å². The van der Waals surface area contributed by atoms with Crippen molar-refractivity contribution in [3.8, 4) is 0 Å². The van der Waals surface area contributed by atoms with Crippen LogP contribution in [0.3, 0.4) is 0 Å². The lowest BCUT2D eigenvalue weighted by atomic mass is 10.1. The minimum atomic E-state index is 0.566. The Morgan fingerprint density at radius 3 is 1.94 bits per heavy atom. The van der Waals surface area contributed by atoms with Gasteiger partial charge in [-0.15, -0.1) is 31.7 Å². The molecule has 0 saturated carbocycles. The van der Waals surface area contributed by atoms with E-state index in [1.165, 1.54) is 30.6 Å². The number of nitrogen functional groups attached to an aromatic ring is 1. The summed E-state index contributed by atoms with van der Waals surface area (Å²) in [4.78, 5) is 0. The van der Waals surface area contributed by atoms with Crippen molar-refractivity contribution in [3.63, 3.8) is 0 Å². The molecular weight excluding hydrogens is 266 g/mol. The van der Waals surface area contributed by atoms with Crippen LogP contribution in [-0.2, 0) is 12.8 Å². The highest BCUT2D eigenvalue weighted by Crippen LogP contribution is 2.16. The molecule has 0 atom stereocenters. The van der Waals surface area contributed by atoms with E-state index in [0.717, 1.165) is 34.3 Å². The second-order valence-electron chi connectivity index (χ2n) is 4.16. The quantitative estimate of drug-likeness (QED) is 0.790. The van der Waals surface area contributed by atoms with Gasteiger partial charge < -0.3 is 5.73 Å². The van der Waals surface area contributed by atoms with Gasteiger partial charge in [-0.1, -0.05) is 24.2 Å². The molecular formula is C11H17N5S2. The third kappa shape index (κ3) is 4.30. The number of rotatable bonds is 7. The van der Waals surface area contributed by atoms with Gasteiger partial charge in [-0.2, -0.15) is 0 Å². The molecule has 18 heavy (non-hydrogen) atoms. The highest BCUT2D eigenvalue weighted by molar-refractivity contribution is 7.15. The van der Waals surface area contributed by atoms with E-state index in [2.05, 4.69) is 20.4 Å². The van der Waals surface area contributed by atoms with Crippen LogP contribution in [0.5, 0.6) is 0 Å². The van der Waals surface area contributed by atoms with E-state index in [4.69, 9.17) is 5.73 Å². The smallest absolute Gasteiger partial charge is 0.203 e. The van der Waals surface area contributed by atoms with Crippen LogP contribution in [0.4, 0.5) is 5.13 Å². The van der Waals surface area contributed by atoms with Crippen molar-refractivity contribution >= 4 is 27.8 Å². The number of aromatic nitrogens is 4. The Hall–Kier alpha value is -1.08. The summed E-state index contributed by atoms with van der Waals surface area (Å²) in [5, 5.41) is 19.8. The molecule has 0 spiro atoms. The molecule has 0 aromatic carbocycles. The summed E-state index contributed by atoms with van der Waals surface area (Å²) in [5.41, 5.74) is 5.53. The van der Waals surface area contributed by atoms with Gasteiger partial charge in [-0.05, 0) is 19.8 Å². The molecule has 0 radical (unpaired) electrons. The number of hydrogen-bond acceptors (Lipinski definition) is 7. The average Bonchev–Trinajstić information content (AvgIpc) is 2.93. The van der Waals surface area contributed by atoms with E-state index < -0.39 is 0 Å². The fourth-order valence-electron chi connectivity index (χ4n) is 1.71. The predicted octanol–water partition coefficient (Wildman–Crippen LogP) is 2.63. The van der Waals surface area contributed by atoms with Gasteiger partial charge in [0.15, 0.2) is 0 Å². The summed E-state index contributed by atoms with van der Waals surface area (Å²) in [6.45, 7) is 1.99. The number of anilines is 1. The van der Waals surface area contributed by atoms with Crippen molar-refractivity contribution in [1.82, 2.24) is 20.4 Å². The summed E-state index contributed by atoms with van der Waals surface area (Å²) >= 11 is 3.19. The highest BCUT2D eigenvalue weighted by atomic mass is 32.1. The van der Waals surface area contributed by atoms with Crippen LogP contribution in [0, 0.1) is 6.92 Å². The van der Waals surface area contributed by atoms with Crippen molar-refractivity contribution < 1.29 is 0 Å². The lowest BCUT2D eigenvalue weighted by Crippen LogP contribution is -1.88. The molecule has 0 saturated heterocycles. The maximum absolute atomic E-state index is 5.53. The van der Waals surface area contributed by atoms with Crippen molar-refractivity contribution in [2.24, 2.45) is 0 Å². The number of nitrogens with two attached hydrogens (primary N) is 1. The maximum atomic E-state index is 5.53. The third-order valence-electron chi connectivity index (χ3n) is 2.58. The summed E-state index contributed by atoms with van der Waals surface area (Å²) in [7, 11) is 0. The Bertz CT molecular complexity index is 435. The van der Waals surface area contributed by atoms with Crippen LogP contribution in [-0.4, -0.2) is 20.4 Å². The van der Waals surface area contributed by atoms with E-state index in [1.807, 2.05) is 6.92 Å². The largest absolute Gasteiger partial charge is 0.374 e. The van der Waals surface area contributed by atoms with Gasteiger partial charge in [0.25, 0.3) is 0 Å². The highest BCUT2D eigenvalue weighted by Gasteiger charge is 2.02. The molecule has 98 valence electrons. The van der Waals surface area contributed by atoms with Crippen LogP contribution >= 0.6 is 22.7 Å². The summed E-state index contributed by atoms with van der Waals surface area (Å²) in [5.74, 6) is 0. The molecule has 0 fully saturated rings. The van der Waals surface area contributed by atoms with Crippen molar-refractivity contribution in [1.29, 1.82) is 0 Å². The first-order valence-corrected chi connectivity index (χ1v) is 7.74. The first-order chi connectivity index (χ1) is 8.74. The van der Waals surface area contributed by atoms with Crippen LogP contribution in [0.15, 0.2) is 0 Å². The molecule has 0 amide bonds. The minimum absolute atomic E-state index is 0.566. The Morgan fingerprint density at radius 1 is 0.833 bits per heavy atom. The molecule has 0 bridgehead atoms. The van der Waals surface area contributed by atoms with E-state index >= 15 is 0 Å². The molecule has 0 aliphatic rings. The number of aryl methyl sites for hydroxylation is 3. The van der Waals surface area contributed by atoms with Crippen molar-refractivity contribution in [2.75, 3.05) is 5.73 Å². The van der Waals surface area contributed by atoms with Gasteiger partial charge >= 0.3 is 0 Å². The van der Waals surface area contributed by atoms with Crippen LogP contribution in [0.2, 0.25) is 0 Å². The number of unbranched alkanes of at least 4 members (excludes halogenated alkanes) is 3. The zero-order valence-electron chi connectivity index (χ0n) is 10.4. The molecule has 2 aromatic rings. The Morgan fingerprint density at radius 2 is 1.44 bits per heavy atom. The fourth-order valence-corrected chi connectivity index (χ4v) is 3.11. The zero-order chi connectivity index (χ0) is 12.8. The standard InChI is InChI=1S/C11H17N5S2/c1-8-13-14-9(17-8)6-4-2-3-5-7-10-15-16-11(12)18-10/h2-7H2,1H3,(H2,12,16). The molecule has 2 N–H and O–H groups in total. The lowest BCUT2D eigenvalue weighted by molar-refractivity contribution is 0.635. The minimum Gasteiger partial charge on any atom is -0.374 e. The fraction of sp³-hybridized carbons (Fsp3) is 0.636. The molecule has 2 heterocycles. The first-order valence-electron chi connectivity index (χ1n) is 6.11.